The van der Waals surface area contributed by atoms with E-state index in [4.69, 9.17) is 5.11 Å². The van der Waals surface area contributed by atoms with Crippen molar-refractivity contribution in [2.75, 3.05) is 0 Å². The number of carbonyl (C=O) groups excluding carboxylic acids is 2. The first-order valence-electron chi connectivity index (χ1n) is 9.77. The second-order valence-electron chi connectivity index (χ2n) is 7.17. The molecule has 0 spiro atoms. The van der Waals surface area contributed by atoms with E-state index in [0.29, 0.717) is 0 Å². The highest BCUT2D eigenvalue weighted by atomic mass is 16.4. The van der Waals surface area contributed by atoms with Gasteiger partial charge in [-0.25, -0.2) is 14.8 Å². The van der Waals surface area contributed by atoms with Crippen LogP contribution >= 0.6 is 0 Å². The molecule has 4 rings (SSSR count). The van der Waals surface area contributed by atoms with Gasteiger partial charge in [-0.1, -0.05) is 60.7 Å². The lowest BCUT2D eigenvalue weighted by atomic mass is 10.2. The monoisotopic (exact) mass is 430 g/mol. The van der Waals surface area contributed by atoms with E-state index in [2.05, 4.69) is 9.97 Å². The van der Waals surface area contributed by atoms with E-state index >= 15 is 0 Å². The van der Waals surface area contributed by atoms with Crippen LogP contribution in [0.1, 0.15) is 28.2 Å². The highest BCUT2D eigenvalue weighted by Gasteiger charge is 2.25. The van der Waals surface area contributed by atoms with Gasteiger partial charge in [0, 0.05) is 0 Å². The highest BCUT2D eigenvalue weighted by molar-refractivity contribution is 6.37. The van der Waals surface area contributed by atoms with Crippen LogP contribution in [0.25, 0.3) is 11.2 Å². The van der Waals surface area contributed by atoms with Crippen LogP contribution in [0.5, 0.6) is 0 Å². The number of hydrogen-bond acceptors (Lipinski definition) is 6. The van der Waals surface area contributed by atoms with Gasteiger partial charge in [0.15, 0.2) is 17.0 Å². The Bertz CT molecular complexity index is 1370. The molecule has 9 nitrogen and oxygen atoms in total. The lowest BCUT2D eigenvalue weighted by Gasteiger charge is -2.09. The molecule has 4 aromatic rings. The normalized spacial score (nSPS) is 10.9. The van der Waals surface area contributed by atoms with Crippen molar-refractivity contribution >= 4 is 28.7 Å². The molecular weight excluding hydrogens is 412 g/mol. The number of carboxylic acids is 1. The number of imidazole rings is 1. The number of carbonyl (C=O) groups is 3. The maximum atomic E-state index is 13.1. The molecule has 160 valence electrons. The molecular formula is C23H18N4O5. The van der Waals surface area contributed by atoms with E-state index in [9.17, 15) is 19.2 Å². The van der Waals surface area contributed by atoms with Crippen LogP contribution in [0.2, 0.25) is 0 Å². The molecule has 0 aliphatic rings. The van der Waals surface area contributed by atoms with E-state index in [1.54, 1.807) is 0 Å². The minimum absolute atomic E-state index is 0.0227. The Morgan fingerprint density at radius 1 is 0.875 bits per heavy atom. The Balaban J connectivity index is 1.81. The molecule has 1 N–H and O–H groups in total. The number of carboxylic acid groups (broad SMARTS) is 1. The van der Waals surface area contributed by atoms with Crippen LogP contribution in [0, 0.1) is 0 Å². The Morgan fingerprint density at radius 3 is 2.06 bits per heavy atom. The quantitative estimate of drug-likeness (QED) is 0.257. The zero-order valence-electron chi connectivity index (χ0n) is 16.8. The fourth-order valence-corrected chi connectivity index (χ4v) is 3.35. The number of ketones is 2. The van der Waals surface area contributed by atoms with Gasteiger partial charge in [-0.2, -0.15) is 0 Å². The van der Waals surface area contributed by atoms with E-state index in [1.807, 2.05) is 60.7 Å². The summed E-state index contributed by atoms with van der Waals surface area (Å²) in [6, 6.07) is 18.5. The molecule has 0 aliphatic heterocycles. The fraction of sp³-hybridized carbons (Fsp3) is 0.130. The number of Topliss-reactive ketones (excluding diaryl/α,β-unsaturated/α-hetero) is 2. The summed E-state index contributed by atoms with van der Waals surface area (Å²) in [7, 11) is 0. The summed E-state index contributed by atoms with van der Waals surface area (Å²) in [5.41, 5.74) is 1.44. The predicted octanol–water partition coefficient (Wildman–Crippen LogP) is 1.92. The number of fused-ring (bicyclic) bond motifs is 1. The third kappa shape index (κ3) is 4.22. The Kier molecular flexibility index (Phi) is 5.71. The number of nitrogens with zero attached hydrogens (tertiary/aromatic N) is 4. The summed E-state index contributed by atoms with van der Waals surface area (Å²) in [6.07, 6.45) is 0.531. The number of aromatic nitrogens is 4. The molecule has 2 heterocycles. The van der Waals surface area contributed by atoms with Gasteiger partial charge in [-0.15, -0.1) is 0 Å². The molecule has 0 saturated heterocycles. The topological polar surface area (TPSA) is 124 Å². The van der Waals surface area contributed by atoms with Crippen molar-refractivity contribution in [3.63, 3.8) is 0 Å². The van der Waals surface area contributed by atoms with Crippen molar-refractivity contribution in [2.45, 2.75) is 19.5 Å². The van der Waals surface area contributed by atoms with Crippen LogP contribution in [0.3, 0.4) is 0 Å². The molecule has 9 heteroatoms. The smallest absolute Gasteiger partial charge is 0.372 e. The van der Waals surface area contributed by atoms with Gasteiger partial charge in [0.2, 0.25) is 11.6 Å². The Labute approximate surface area is 181 Å². The van der Waals surface area contributed by atoms with Crippen molar-refractivity contribution in [1.29, 1.82) is 0 Å². The maximum absolute atomic E-state index is 13.1. The van der Waals surface area contributed by atoms with Gasteiger partial charge >= 0.3 is 5.97 Å². The zero-order valence-corrected chi connectivity index (χ0v) is 16.8. The summed E-state index contributed by atoms with van der Waals surface area (Å²) < 4.78 is 2.82. The lowest BCUT2D eigenvalue weighted by Crippen LogP contribution is -2.21. The SMILES string of the molecule is O=C(O)C(=O)CC(=O)c1nc2c(=O)n(Cc3ccccc3)cnc2n1Cc1ccccc1. The molecule has 0 fully saturated rings. The molecule has 0 saturated carbocycles. The summed E-state index contributed by atoms with van der Waals surface area (Å²) in [5, 5.41) is 8.85. The summed E-state index contributed by atoms with van der Waals surface area (Å²) >= 11 is 0. The number of rotatable bonds is 8. The number of benzene rings is 2. The molecule has 0 atom stereocenters. The largest absolute Gasteiger partial charge is 0.475 e. The molecule has 0 unspecified atom stereocenters. The standard InChI is InChI=1S/C23H18N4O5/c28-17(11-18(29)23(31)32)20-25-19-21(27(20)13-16-9-5-2-6-10-16)24-14-26(22(19)30)12-15-7-3-1-4-8-15/h1-10,14H,11-13H2,(H,31,32). The predicted molar refractivity (Wildman–Crippen MR) is 114 cm³/mol. The molecule has 0 radical (unpaired) electrons. The first kappa shape index (κ1) is 20.9. The van der Waals surface area contributed by atoms with Gasteiger partial charge in [-0.05, 0) is 11.1 Å². The molecule has 32 heavy (non-hydrogen) atoms. The second-order valence-corrected chi connectivity index (χ2v) is 7.17. The number of aliphatic carboxylic acids is 1. The van der Waals surface area contributed by atoms with E-state index < -0.39 is 29.5 Å². The van der Waals surface area contributed by atoms with Gasteiger partial charge in [0.25, 0.3) is 5.56 Å². The van der Waals surface area contributed by atoms with Crippen molar-refractivity contribution in [3.05, 3.63) is 94.3 Å². The van der Waals surface area contributed by atoms with Crippen LogP contribution in [0.4, 0.5) is 0 Å². The molecule has 0 bridgehead atoms. The maximum Gasteiger partial charge on any atom is 0.372 e. The molecule has 0 amide bonds. The molecule has 2 aromatic carbocycles. The van der Waals surface area contributed by atoms with Gasteiger partial charge in [0.05, 0.1) is 19.5 Å². The van der Waals surface area contributed by atoms with Crippen molar-refractivity contribution in [2.24, 2.45) is 0 Å². The third-order valence-corrected chi connectivity index (χ3v) is 4.91. The first-order valence-corrected chi connectivity index (χ1v) is 9.77. The summed E-state index contributed by atoms with van der Waals surface area (Å²) in [4.78, 5) is 56.8. The van der Waals surface area contributed by atoms with E-state index in [0.717, 1.165) is 11.1 Å². The third-order valence-electron chi connectivity index (χ3n) is 4.91. The van der Waals surface area contributed by atoms with Gasteiger partial charge < -0.3 is 9.67 Å². The first-order chi connectivity index (χ1) is 15.4. The van der Waals surface area contributed by atoms with Gasteiger partial charge in [-0.3, -0.25) is 19.0 Å². The Morgan fingerprint density at radius 2 is 1.47 bits per heavy atom. The van der Waals surface area contributed by atoms with Crippen molar-refractivity contribution in [1.82, 2.24) is 19.1 Å². The summed E-state index contributed by atoms with van der Waals surface area (Å²) in [5.74, 6) is -3.92. The second kappa shape index (κ2) is 8.76. The van der Waals surface area contributed by atoms with Crippen LogP contribution in [-0.4, -0.2) is 41.7 Å². The van der Waals surface area contributed by atoms with Crippen LogP contribution < -0.4 is 5.56 Å². The lowest BCUT2D eigenvalue weighted by molar-refractivity contribution is -0.148. The average Bonchev–Trinajstić information content (AvgIpc) is 3.16. The Hall–Kier alpha value is -4.40. The zero-order chi connectivity index (χ0) is 22.7. The average molecular weight is 430 g/mol. The van der Waals surface area contributed by atoms with Crippen molar-refractivity contribution < 1.29 is 19.5 Å². The van der Waals surface area contributed by atoms with Crippen LogP contribution in [0.15, 0.2) is 71.8 Å². The summed E-state index contributed by atoms with van der Waals surface area (Å²) in [6.45, 7) is 0.448. The highest BCUT2D eigenvalue weighted by Crippen LogP contribution is 2.16. The van der Waals surface area contributed by atoms with Crippen LogP contribution in [-0.2, 0) is 22.7 Å². The minimum Gasteiger partial charge on any atom is -0.475 e. The van der Waals surface area contributed by atoms with E-state index in [1.165, 1.54) is 15.5 Å². The fourth-order valence-electron chi connectivity index (χ4n) is 3.35. The van der Waals surface area contributed by atoms with E-state index in [-0.39, 0.29) is 30.1 Å². The van der Waals surface area contributed by atoms with Gasteiger partial charge in [0.1, 0.15) is 6.33 Å². The molecule has 0 aliphatic carbocycles. The van der Waals surface area contributed by atoms with Crippen molar-refractivity contribution in [3.8, 4) is 0 Å². The number of hydrogen-bond donors (Lipinski definition) is 1. The molecule has 2 aromatic heterocycles. The minimum atomic E-state index is -1.70.